The summed E-state index contributed by atoms with van der Waals surface area (Å²) < 4.78 is 0. The summed E-state index contributed by atoms with van der Waals surface area (Å²) in [6.07, 6.45) is 1.69. The van der Waals surface area contributed by atoms with Gasteiger partial charge in [0.15, 0.2) is 0 Å². The number of carboxylic acids is 1. The van der Waals surface area contributed by atoms with Crippen molar-refractivity contribution in [3.63, 3.8) is 0 Å². The molecule has 0 bridgehead atoms. The van der Waals surface area contributed by atoms with Crippen LogP contribution in [0.25, 0.3) is 0 Å². The van der Waals surface area contributed by atoms with Gasteiger partial charge < -0.3 is 15.3 Å². The van der Waals surface area contributed by atoms with Gasteiger partial charge in [0.1, 0.15) is 6.54 Å². The molecule has 1 aromatic carbocycles. The zero-order valence-corrected chi connectivity index (χ0v) is 11.9. The van der Waals surface area contributed by atoms with Crippen LogP contribution >= 0.6 is 0 Å². The van der Waals surface area contributed by atoms with Gasteiger partial charge in [0, 0.05) is 24.2 Å². The van der Waals surface area contributed by atoms with Gasteiger partial charge in [-0.15, -0.1) is 0 Å². The normalized spacial score (nSPS) is 13.3. The lowest BCUT2D eigenvalue weighted by molar-refractivity contribution is -0.137. The first kappa shape index (κ1) is 15.0. The topological polar surface area (TPSA) is 86.7 Å². The summed E-state index contributed by atoms with van der Waals surface area (Å²) >= 11 is 0. The van der Waals surface area contributed by atoms with Crippen molar-refractivity contribution >= 4 is 23.5 Å². The molecular weight excluding hydrogens is 272 g/mol. The first-order valence-electron chi connectivity index (χ1n) is 6.95. The van der Waals surface area contributed by atoms with Crippen molar-refractivity contribution in [1.82, 2.24) is 4.90 Å². The van der Waals surface area contributed by atoms with Gasteiger partial charge in [-0.25, -0.2) is 0 Å². The molecule has 1 aromatic rings. The molecule has 2 rings (SSSR count). The maximum atomic E-state index is 12.4. The van der Waals surface area contributed by atoms with Crippen molar-refractivity contribution < 1.29 is 19.5 Å². The van der Waals surface area contributed by atoms with E-state index in [2.05, 4.69) is 5.32 Å². The van der Waals surface area contributed by atoms with E-state index in [1.807, 2.05) is 6.92 Å². The van der Waals surface area contributed by atoms with Crippen LogP contribution in [0.2, 0.25) is 0 Å². The van der Waals surface area contributed by atoms with Crippen LogP contribution in [-0.4, -0.2) is 40.9 Å². The molecule has 0 aromatic heterocycles. The van der Waals surface area contributed by atoms with Crippen molar-refractivity contribution in [1.29, 1.82) is 0 Å². The summed E-state index contributed by atoms with van der Waals surface area (Å²) in [5.41, 5.74) is 2.09. The summed E-state index contributed by atoms with van der Waals surface area (Å²) in [6, 6.07) is 5.06. The van der Waals surface area contributed by atoms with Crippen molar-refractivity contribution in [3.8, 4) is 0 Å². The van der Waals surface area contributed by atoms with E-state index in [0.29, 0.717) is 31.4 Å². The Morgan fingerprint density at radius 3 is 2.76 bits per heavy atom. The fraction of sp³-hybridized carbons (Fsp3) is 0.400. The second kappa shape index (κ2) is 6.39. The van der Waals surface area contributed by atoms with Gasteiger partial charge in [-0.05, 0) is 36.6 Å². The lowest BCUT2D eigenvalue weighted by Crippen LogP contribution is -2.36. The van der Waals surface area contributed by atoms with Crippen LogP contribution in [-0.2, 0) is 16.0 Å². The van der Waals surface area contributed by atoms with E-state index in [1.54, 1.807) is 18.2 Å². The van der Waals surface area contributed by atoms with Gasteiger partial charge in [-0.2, -0.15) is 0 Å². The van der Waals surface area contributed by atoms with Gasteiger partial charge in [-0.3, -0.25) is 14.4 Å². The van der Waals surface area contributed by atoms with E-state index in [9.17, 15) is 14.4 Å². The molecule has 2 amide bonds. The Kier molecular flexibility index (Phi) is 4.57. The average molecular weight is 290 g/mol. The molecule has 0 saturated heterocycles. The van der Waals surface area contributed by atoms with Gasteiger partial charge in [0.05, 0.1) is 0 Å². The Hall–Kier alpha value is -2.37. The van der Waals surface area contributed by atoms with Gasteiger partial charge in [0.25, 0.3) is 5.91 Å². The number of benzene rings is 1. The first-order valence-corrected chi connectivity index (χ1v) is 6.95. The standard InChI is InChI=1S/C15H18N2O4/c1-2-7-17(9-14(19)20)15(21)11-3-5-12-10(8-11)4-6-13(18)16-12/h3,5,8H,2,4,6-7,9H2,1H3,(H,16,18)(H,19,20). The molecule has 1 aliphatic heterocycles. The smallest absolute Gasteiger partial charge is 0.323 e. The molecule has 6 heteroatoms. The maximum Gasteiger partial charge on any atom is 0.323 e. The summed E-state index contributed by atoms with van der Waals surface area (Å²) in [4.78, 5) is 35.9. The van der Waals surface area contributed by atoms with Crippen molar-refractivity contribution in [3.05, 3.63) is 29.3 Å². The number of amides is 2. The van der Waals surface area contributed by atoms with E-state index in [1.165, 1.54) is 4.90 Å². The van der Waals surface area contributed by atoms with Crippen LogP contribution < -0.4 is 5.32 Å². The number of nitrogens with zero attached hydrogens (tertiary/aromatic N) is 1. The average Bonchev–Trinajstić information content (AvgIpc) is 2.45. The minimum absolute atomic E-state index is 0.0277. The number of hydrogen-bond donors (Lipinski definition) is 2. The second-order valence-electron chi connectivity index (χ2n) is 5.04. The predicted octanol–water partition coefficient (Wildman–Crippen LogP) is 1.51. The number of carbonyl (C=O) groups is 3. The Morgan fingerprint density at radius 1 is 1.33 bits per heavy atom. The third kappa shape index (κ3) is 3.59. The van der Waals surface area contributed by atoms with E-state index in [4.69, 9.17) is 5.11 Å². The summed E-state index contributed by atoms with van der Waals surface area (Å²) in [5.74, 6) is -1.35. The Labute approximate surface area is 122 Å². The van der Waals surface area contributed by atoms with Crippen molar-refractivity contribution in [2.45, 2.75) is 26.2 Å². The zero-order chi connectivity index (χ0) is 15.4. The van der Waals surface area contributed by atoms with Gasteiger partial charge in [0.2, 0.25) is 5.91 Å². The Morgan fingerprint density at radius 2 is 2.10 bits per heavy atom. The van der Waals surface area contributed by atoms with Crippen LogP contribution in [0.4, 0.5) is 5.69 Å². The van der Waals surface area contributed by atoms with E-state index in [0.717, 1.165) is 11.3 Å². The second-order valence-corrected chi connectivity index (χ2v) is 5.04. The largest absolute Gasteiger partial charge is 0.480 e. The molecule has 0 radical (unpaired) electrons. The summed E-state index contributed by atoms with van der Waals surface area (Å²) in [6.45, 7) is 1.99. The summed E-state index contributed by atoms with van der Waals surface area (Å²) in [7, 11) is 0. The molecular formula is C15H18N2O4. The fourth-order valence-electron chi connectivity index (χ4n) is 2.38. The molecule has 2 N–H and O–H groups in total. The Balaban J connectivity index is 2.22. The van der Waals surface area contributed by atoms with E-state index < -0.39 is 5.97 Å². The lowest BCUT2D eigenvalue weighted by atomic mass is 10.00. The van der Waals surface area contributed by atoms with E-state index >= 15 is 0 Å². The minimum Gasteiger partial charge on any atom is -0.480 e. The molecule has 21 heavy (non-hydrogen) atoms. The SMILES string of the molecule is CCCN(CC(=O)O)C(=O)c1ccc2c(c1)CCC(=O)N2. The number of hydrogen-bond acceptors (Lipinski definition) is 3. The molecule has 0 saturated carbocycles. The molecule has 1 heterocycles. The first-order chi connectivity index (χ1) is 10.0. The highest BCUT2D eigenvalue weighted by molar-refractivity contribution is 5.98. The minimum atomic E-state index is -1.03. The number of nitrogens with one attached hydrogen (secondary N) is 1. The highest BCUT2D eigenvalue weighted by Gasteiger charge is 2.21. The molecule has 0 atom stereocenters. The highest BCUT2D eigenvalue weighted by atomic mass is 16.4. The number of aliphatic carboxylic acids is 1. The molecule has 0 aliphatic carbocycles. The van der Waals surface area contributed by atoms with Crippen LogP contribution in [0.5, 0.6) is 0 Å². The van der Waals surface area contributed by atoms with Crippen LogP contribution in [0.1, 0.15) is 35.7 Å². The molecule has 6 nitrogen and oxygen atoms in total. The monoisotopic (exact) mass is 290 g/mol. The molecule has 112 valence electrons. The highest BCUT2D eigenvalue weighted by Crippen LogP contribution is 2.24. The van der Waals surface area contributed by atoms with Crippen molar-refractivity contribution in [2.24, 2.45) is 0 Å². The lowest BCUT2D eigenvalue weighted by Gasteiger charge is -2.22. The number of carboxylic acid groups (broad SMARTS) is 1. The number of anilines is 1. The fourth-order valence-corrected chi connectivity index (χ4v) is 2.38. The summed E-state index contributed by atoms with van der Waals surface area (Å²) in [5, 5.41) is 11.6. The van der Waals surface area contributed by atoms with Crippen LogP contribution in [0.3, 0.4) is 0 Å². The quantitative estimate of drug-likeness (QED) is 0.860. The van der Waals surface area contributed by atoms with Gasteiger partial charge in [-0.1, -0.05) is 6.92 Å². The molecule has 1 aliphatic rings. The zero-order valence-electron chi connectivity index (χ0n) is 11.9. The van der Waals surface area contributed by atoms with Crippen LogP contribution in [0.15, 0.2) is 18.2 Å². The third-order valence-electron chi connectivity index (χ3n) is 3.35. The number of aryl methyl sites for hydroxylation is 1. The number of rotatable bonds is 5. The third-order valence-corrected chi connectivity index (χ3v) is 3.35. The molecule has 0 spiro atoms. The number of fused-ring (bicyclic) bond motifs is 1. The predicted molar refractivity (Wildman–Crippen MR) is 77.2 cm³/mol. The number of carbonyl (C=O) groups excluding carboxylic acids is 2. The van der Waals surface area contributed by atoms with Crippen LogP contribution in [0, 0.1) is 0 Å². The molecule has 0 unspecified atom stereocenters. The van der Waals surface area contributed by atoms with Crippen molar-refractivity contribution in [2.75, 3.05) is 18.4 Å². The maximum absolute atomic E-state index is 12.4. The Bertz CT molecular complexity index is 583. The molecule has 0 fully saturated rings. The van der Waals surface area contributed by atoms with Gasteiger partial charge >= 0.3 is 5.97 Å². The van der Waals surface area contributed by atoms with E-state index in [-0.39, 0.29) is 18.4 Å².